The lowest BCUT2D eigenvalue weighted by Gasteiger charge is -2.35. The highest BCUT2D eigenvalue weighted by molar-refractivity contribution is 6.05. The molecule has 0 saturated carbocycles. The number of pyridine rings is 1. The van der Waals surface area contributed by atoms with E-state index >= 15 is 0 Å². The summed E-state index contributed by atoms with van der Waals surface area (Å²) in [5.41, 5.74) is 7.20. The molecule has 36 heavy (non-hydrogen) atoms. The Morgan fingerprint density at radius 1 is 1.19 bits per heavy atom. The highest BCUT2D eigenvalue weighted by Gasteiger charge is 2.26. The summed E-state index contributed by atoms with van der Waals surface area (Å²) in [6.07, 6.45) is 1.45. The number of ether oxygens (including phenoxy) is 1. The van der Waals surface area contributed by atoms with Crippen molar-refractivity contribution in [3.05, 3.63) is 70.9 Å². The highest BCUT2D eigenvalue weighted by atomic mass is 19.1. The lowest BCUT2D eigenvalue weighted by molar-refractivity contribution is 0.201. The largest absolute Gasteiger partial charge is 0.485 e. The van der Waals surface area contributed by atoms with E-state index in [4.69, 9.17) is 15.5 Å². The number of nitrogens with zero attached hydrogens (tertiary/aromatic N) is 6. The van der Waals surface area contributed by atoms with Gasteiger partial charge in [-0.2, -0.15) is 10.1 Å². The summed E-state index contributed by atoms with van der Waals surface area (Å²) >= 11 is 0. The molecule has 0 saturated heterocycles. The van der Waals surface area contributed by atoms with Crippen LogP contribution in [0.1, 0.15) is 0 Å². The molecule has 1 aliphatic rings. The molecule has 11 heteroatoms. The van der Waals surface area contributed by atoms with E-state index in [9.17, 15) is 9.18 Å². The van der Waals surface area contributed by atoms with Crippen LogP contribution in [0.5, 0.6) is 5.75 Å². The maximum absolute atomic E-state index is 14.8. The van der Waals surface area contributed by atoms with E-state index in [1.54, 1.807) is 18.3 Å². The van der Waals surface area contributed by atoms with Gasteiger partial charge in [0.2, 0.25) is 5.95 Å². The van der Waals surface area contributed by atoms with Crippen molar-refractivity contribution in [1.82, 2.24) is 24.7 Å². The zero-order chi connectivity index (χ0) is 25.0. The molecule has 182 valence electrons. The Morgan fingerprint density at radius 3 is 2.75 bits per heavy atom. The van der Waals surface area contributed by atoms with Crippen LogP contribution in [-0.4, -0.2) is 58.0 Å². The average Bonchev–Trinajstić information content (AvgIpc) is 3.27. The van der Waals surface area contributed by atoms with E-state index in [-0.39, 0.29) is 28.6 Å². The Morgan fingerprint density at radius 2 is 1.94 bits per heavy atom. The van der Waals surface area contributed by atoms with Crippen molar-refractivity contribution in [2.75, 3.05) is 42.7 Å². The van der Waals surface area contributed by atoms with Crippen LogP contribution in [0.25, 0.3) is 27.6 Å². The molecule has 1 atom stereocenters. The average molecular weight is 487 g/mol. The van der Waals surface area contributed by atoms with Gasteiger partial charge in [-0.1, -0.05) is 24.3 Å². The van der Waals surface area contributed by atoms with Gasteiger partial charge < -0.3 is 20.3 Å². The zero-order valence-electron chi connectivity index (χ0n) is 19.6. The van der Waals surface area contributed by atoms with Crippen LogP contribution in [-0.2, 0) is 0 Å². The lowest BCUT2D eigenvalue weighted by atomic mass is 10.2. The van der Waals surface area contributed by atoms with Crippen molar-refractivity contribution in [2.24, 2.45) is 0 Å². The van der Waals surface area contributed by atoms with E-state index in [1.165, 1.54) is 16.7 Å². The number of para-hydroxylation sites is 3. The minimum absolute atomic E-state index is 0.0297. The smallest absolute Gasteiger partial charge is 0.270 e. The molecule has 0 fully saturated rings. The van der Waals surface area contributed by atoms with E-state index < -0.39 is 11.4 Å². The summed E-state index contributed by atoms with van der Waals surface area (Å²) in [5.74, 6) is 0.649. The number of anilines is 3. The number of hydrogen-bond donors (Lipinski definition) is 2. The van der Waals surface area contributed by atoms with Crippen molar-refractivity contribution in [3.63, 3.8) is 0 Å². The molecule has 10 nitrogen and oxygen atoms in total. The fourth-order valence-electron chi connectivity index (χ4n) is 4.70. The van der Waals surface area contributed by atoms with Gasteiger partial charge in [-0.3, -0.25) is 14.5 Å². The number of benzene rings is 2. The maximum atomic E-state index is 14.8. The van der Waals surface area contributed by atoms with Crippen LogP contribution in [0.2, 0.25) is 0 Å². The maximum Gasteiger partial charge on any atom is 0.270 e. The Hall–Kier alpha value is -4.67. The first-order valence-corrected chi connectivity index (χ1v) is 11.4. The molecule has 1 unspecified atom stereocenters. The van der Waals surface area contributed by atoms with Crippen LogP contribution in [0.4, 0.5) is 21.8 Å². The van der Waals surface area contributed by atoms with Gasteiger partial charge >= 0.3 is 0 Å². The Kier molecular flexibility index (Phi) is 4.99. The van der Waals surface area contributed by atoms with E-state index in [0.29, 0.717) is 29.9 Å². The van der Waals surface area contributed by atoms with Crippen LogP contribution in [0.15, 0.2) is 59.5 Å². The van der Waals surface area contributed by atoms with Crippen molar-refractivity contribution >= 4 is 39.4 Å². The molecule has 3 aromatic heterocycles. The summed E-state index contributed by atoms with van der Waals surface area (Å²) in [4.78, 5) is 26.7. The lowest BCUT2D eigenvalue weighted by Crippen LogP contribution is -2.44. The molecular formula is C25H23FN8O2. The molecule has 3 N–H and O–H groups in total. The van der Waals surface area contributed by atoms with Crippen molar-refractivity contribution in [1.29, 1.82) is 0 Å². The van der Waals surface area contributed by atoms with Gasteiger partial charge in [0.25, 0.3) is 5.56 Å². The number of hydrogen-bond acceptors (Lipinski definition) is 8. The third-order valence-electron chi connectivity index (χ3n) is 6.41. The molecule has 0 amide bonds. The first-order chi connectivity index (χ1) is 17.4. The summed E-state index contributed by atoms with van der Waals surface area (Å²) in [6, 6.07) is 13.9. The highest BCUT2D eigenvalue weighted by Crippen LogP contribution is 2.32. The predicted octanol–water partition coefficient (Wildman–Crippen LogP) is 2.71. The minimum Gasteiger partial charge on any atom is -0.485 e. The molecule has 0 spiro atoms. The van der Waals surface area contributed by atoms with Gasteiger partial charge in [0.15, 0.2) is 11.5 Å². The van der Waals surface area contributed by atoms with Crippen LogP contribution in [0, 0.1) is 5.82 Å². The van der Waals surface area contributed by atoms with Crippen molar-refractivity contribution in [3.8, 4) is 11.4 Å². The normalized spacial score (nSPS) is 15.2. The standard InChI is InChI=1S/C25H23FN8O2/c1-32-12-14(36-19-10-6-5-9-18(19)32)13-33(2)25-28-11-15-21-20(22(27)31-30-21)24(35)34(23(15)29-25)17-8-4-3-7-16(17)26/h3-11,14H,12-13H2,1-2H3,(H3,27,30,31). The second-order valence-corrected chi connectivity index (χ2v) is 8.83. The number of aromatic amines is 1. The van der Waals surface area contributed by atoms with Crippen molar-refractivity contribution < 1.29 is 9.13 Å². The van der Waals surface area contributed by atoms with Gasteiger partial charge in [0.1, 0.15) is 23.1 Å². The van der Waals surface area contributed by atoms with E-state index in [2.05, 4.69) is 20.1 Å². The third kappa shape index (κ3) is 3.39. The number of likely N-dealkylation sites (N-methyl/N-ethyl adjacent to an activating group) is 2. The quantitative estimate of drug-likeness (QED) is 0.398. The zero-order valence-corrected chi connectivity index (χ0v) is 19.6. The van der Waals surface area contributed by atoms with E-state index in [1.807, 2.05) is 43.3 Å². The number of rotatable bonds is 4. The van der Waals surface area contributed by atoms with Crippen molar-refractivity contribution in [2.45, 2.75) is 6.10 Å². The molecule has 2 aromatic carbocycles. The van der Waals surface area contributed by atoms with Gasteiger partial charge in [0, 0.05) is 20.3 Å². The second-order valence-electron chi connectivity index (χ2n) is 8.83. The third-order valence-corrected chi connectivity index (χ3v) is 6.41. The Balaban J connectivity index is 1.44. The van der Waals surface area contributed by atoms with Gasteiger partial charge in [-0.05, 0) is 24.3 Å². The molecule has 5 aromatic rings. The predicted molar refractivity (Wildman–Crippen MR) is 137 cm³/mol. The first-order valence-electron chi connectivity index (χ1n) is 11.4. The second kappa shape index (κ2) is 8.22. The fraction of sp³-hybridized carbons (Fsp3) is 0.200. The molecule has 1 aliphatic heterocycles. The molecule has 4 heterocycles. The SMILES string of the molecule is CN(CC1CN(C)c2ccccc2O1)c1ncc2c3[nH]nc(N)c3c(=O)n(-c3ccccc3F)c2n1. The van der Waals surface area contributed by atoms with Gasteiger partial charge in [-0.15, -0.1) is 0 Å². The number of halogens is 1. The fourth-order valence-corrected chi connectivity index (χ4v) is 4.70. The summed E-state index contributed by atoms with van der Waals surface area (Å²) in [5, 5.41) is 7.43. The van der Waals surface area contributed by atoms with Crippen LogP contribution < -0.4 is 25.8 Å². The van der Waals surface area contributed by atoms with Crippen LogP contribution >= 0.6 is 0 Å². The summed E-state index contributed by atoms with van der Waals surface area (Å²) in [6.45, 7) is 1.18. The molecule has 0 bridgehead atoms. The topological polar surface area (TPSA) is 118 Å². The summed E-state index contributed by atoms with van der Waals surface area (Å²) < 4.78 is 22.3. The Bertz CT molecular complexity index is 1680. The molecule has 0 aliphatic carbocycles. The number of nitrogen functional groups attached to an aromatic ring is 1. The first kappa shape index (κ1) is 21.8. The van der Waals surface area contributed by atoms with Gasteiger partial charge in [-0.25, -0.2) is 9.37 Å². The molecular weight excluding hydrogens is 463 g/mol. The number of H-pyrrole nitrogens is 1. The van der Waals surface area contributed by atoms with Gasteiger partial charge in [0.05, 0.1) is 35.4 Å². The van der Waals surface area contributed by atoms with Crippen LogP contribution in [0.3, 0.4) is 0 Å². The number of fused-ring (bicyclic) bond motifs is 4. The molecule has 0 radical (unpaired) electrons. The number of nitrogens with two attached hydrogens (primary N) is 1. The van der Waals surface area contributed by atoms with E-state index in [0.717, 1.165) is 11.4 Å². The number of aromatic nitrogens is 5. The number of nitrogens with one attached hydrogen (secondary N) is 1. The minimum atomic E-state index is -0.562. The monoisotopic (exact) mass is 486 g/mol. The summed E-state index contributed by atoms with van der Waals surface area (Å²) in [7, 11) is 3.87. The molecule has 6 rings (SSSR count). The Labute approximate surface area is 204 Å².